The summed E-state index contributed by atoms with van der Waals surface area (Å²) < 4.78 is 10.3. The fourth-order valence-electron chi connectivity index (χ4n) is 5.71. The Kier molecular flexibility index (Phi) is 7.77. The van der Waals surface area contributed by atoms with E-state index >= 15 is 0 Å². The van der Waals surface area contributed by atoms with Gasteiger partial charge in [0.15, 0.2) is 0 Å². The van der Waals surface area contributed by atoms with Gasteiger partial charge in [0, 0.05) is 35.0 Å². The van der Waals surface area contributed by atoms with Crippen molar-refractivity contribution >= 4 is 21.8 Å². The molecule has 0 spiro atoms. The molecular formula is C37H30N4OPt. The molecule has 4 aromatic carbocycles. The van der Waals surface area contributed by atoms with Gasteiger partial charge < -0.3 is 9.30 Å². The third kappa shape index (κ3) is 5.30. The zero-order valence-corrected chi connectivity index (χ0v) is 26.7. The number of rotatable bonds is 6. The van der Waals surface area contributed by atoms with Crippen LogP contribution in [0.5, 0.6) is 11.5 Å². The van der Waals surface area contributed by atoms with E-state index in [0.29, 0.717) is 17.4 Å². The Balaban J connectivity index is 0.00000329. The second-order valence-electron chi connectivity index (χ2n) is 11.0. The smallest absolute Gasteiger partial charge is 0.509 e. The van der Waals surface area contributed by atoms with Gasteiger partial charge in [0.25, 0.3) is 0 Å². The van der Waals surface area contributed by atoms with Gasteiger partial charge in [0.05, 0.1) is 6.20 Å². The van der Waals surface area contributed by atoms with Crippen LogP contribution in [0.2, 0.25) is 0 Å². The van der Waals surface area contributed by atoms with Gasteiger partial charge in [-0.1, -0.05) is 55.8 Å². The second-order valence-corrected chi connectivity index (χ2v) is 11.0. The number of nitrogens with zero attached hydrogens (tertiary/aromatic N) is 4. The summed E-state index contributed by atoms with van der Waals surface area (Å²) in [4.78, 5) is 4.67. The van der Waals surface area contributed by atoms with Gasteiger partial charge in [-0.05, 0) is 71.3 Å². The summed E-state index contributed by atoms with van der Waals surface area (Å²) in [7, 11) is 0. The van der Waals surface area contributed by atoms with Gasteiger partial charge in [-0.3, -0.25) is 4.68 Å². The number of hydrogen-bond acceptors (Lipinski definition) is 3. The molecule has 0 bridgehead atoms. The number of fused-ring (bicyclic) bond motifs is 3. The molecule has 3 heterocycles. The number of benzene rings is 4. The predicted octanol–water partition coefficient (Wildman–Crippen LogP) is 9.16. The molecule has 0 saturated carbocycles. The Morgan fingerprint density at radius 3 is 2.47 bits per heavy atom. The first-order valence-corrected chi connectivity index (χ1v) is 14.2. The predicted molar refractivity (Wildman–Crippen MR) is 169 cm³/mol. The van der Waals surface area contributed by atoms with Crippen molar-refractivity contribution in [2.45, 2.75) is 33.6 Å². The standard InChI is InChI=1S/C37H30N4O.Pt/c1-24(2)31-13-7-9-26(4)37(31)27-22-39-40(23-27)28-10-8-11-29(20-28)42-30-15-16-33-32-12-5-6-14-34(32)41(35(33)21-30)36-19-25(3)17-18-38-36;/h5-19,22-24H,1-4H3;/q-2;+2. The summed E-state index contributed by atoms with van der Waals surface area (Å²) in [5.74, 6) is 2.47. The van der Waals surface area contributed by atoms with E-state index in [1.807, 2.05) is 47.4 Å². The minimum absolute atomic E-state index is 0. The molecule has 7 aromatic rings. The summed E-state index contributed by atoms with van der Waals surface area (Å²) in [5.41, 5.74) is 8.84. The Hall–Kier alpha value is -4.47. The first-order chi connectivity index (χ1) is 20.5. The van der Waals surface area contributed by atoms with Crippen LogP contribution in [-0.4, -0.2) is 19.3 Å². The SMILES string of the molecule is Cc1ccnc(-n2c3[c-]c(Oc4[c-]c(-n5cc(-c6c(C)cccc6C(C)C)cn5)ccc4)ccc3c3ccccc32)c1.[Pt+2]. The fourth-order valence-corrected chi connectivity index (χ4v) is 5.71. The molecular weight excluding hydrogens is 712 g/mol. The monoisotopic (exact) mass is 741 g/mol. The molecule has 3 aromatic heterocycles. The first kappa shape index (κ1) is 28.6. The van der Waals surface area contributed by atoms with Crippen molar-refractivity contribution in [1.29, 1.82) is 0 Å². The van der Waals surface area contributed by atoms with Crippen LogP contribution < -0.4 is 4.74 Å². The van der Waals surface area contributed by atoms with E-state index in [-0.39, 0.29) is 21.1 Å². The first-order valence-electron chi connectivity index (χ1n) is 14.2. The molecule has 0 amide bonds. The second kappa shape index (κ2) is 11.7. The molecule has 0 radical (unpaired) electrons. The molecule has 5 nitrogen and oxygen atoms in total. The average molecular weight is 742 g/mol. The minimum atomic E-state index is 0. The van der Waals surface area contributed by atoms with Crippen molar-refractivity contribution in [3.05, 3.63) is 132 Å². The van der Waals surface area contributed by atoms with Crippen LogP contribution in [0.3, 0.4) is 0 Å². The number of hydrogen-bond donors (Lipinski definition) is 0. The zero-order chi connectivity index (χ0) is 28.8. The molecule has 0 aliphatic heterocycles. The van der Waals surface area contributed by atoms with Gasteiger partial charge in [-0.25, -0.2) is 4.98 Å². The normalized spacial score (nSPS) is 11.3. The van der Waals surface area contributed by atoms with Gasteiger partial charge in [-0.15, -0.1) is 35.7 Å². The number of ether oxygens (including phenoxy) is 1. The zero-order valence-electron chi connectivity index (χ0n) is 24.4. The summed E-state index contributed by atoms with van der Waals surface area (Å²) in [5, 5.41) is 6.93. The van der Waals surface area contributed by atoms with Crippen LogP contribution in [0.4, 0.5) is 0 Å². The number of aryl methyl sites for hydroxylation is 2. The van der Waals surface area contributed by atoms with Crippen molar-refractivity contribution in [3.63, 3.8) is 0 Å². The molecule has 0 aliphatic carbocycles. The average Bonchev–Trinajstić information content (AvgIpc) is 3.60. The summed E-state index contributed by atoms with van der Waals surface area (Å²) in [6.45, 7) is 8.68. The Morgan fingerprint density at radius 1 is 0.814 bits per heavy atom. The topological polar surface area (TPSA) is 44.9 Å². The molecule has 0 atom stereocenters. The maximum atomic E-state index is 6.33. The van der Waals surface area contributed by atoms with E-state index in [4.69, 9.17) is 4.74 Å². The summed E-state index contributed by atoms with van der Waals surface area (Å²) in [6.07, 6.45) is 5.83. The quantitative estimate of drug-likeness (QED) is 0.160. The summed E-state index contributed by atoms with van der Waals surface area (Å²) in [6, 6.07) is 35.7. The molecule has 7 rings (SSSR count). The molecule has 6 heteroatoms. The third-order valence-electron chi connectivity index (χ3n) is 7.70. The van der Waals surface area contributed by atoms with E-state index < -0.39 is 0 Å². The van der Waals surface area contributed by atoms with E-state index in [9.17, 15) is 0 Å². The molecule has 0 saturated heterocycles. The van der Waals surface area contributed by atoms with Crippen molar-refractivity contribution in [1.82, 2.24) is 19.3 Å². The van der Waals surface area contributed by atoms with Gasteiger partial charge in [0.1, 0.15) is 5.82 Å². The third-order valence-corrected chi connectivity index (χ3v) is 7.70. The van der Waals surface area contributed by atoms with E-state index in [2.05, 4.69) is 115 Å². The Labute approximate surface area is 266 Å². The molecule has 0 unspecified atom stereocenters. The summed E-state index contributed by atoms with van der Waals surface area (Å²) >= 11 is 0. The van der Waals surface area contributed by atoms with Gasteiger partial charge >= 0.3 is 21.1 Å². The van der Waals surface area contributed by atoms with E-state index in [0.717, 1.165) is 44.4 Å². The fraction of sp³-hybridized carbons (Fsp3) is 0.135. The van der Waals surface area contributed by atoms with Crippen LogP contribution in [-0.2, 0) is 21.1 Å². The van der Waals surface area contributed by atoms with Crippen LogP contribution in [0.1, 0.15) is 36.5 Å². The van der Waals surface area contributed by atoms with Gasteiger partial charge in [-0.2, -0.15) is 17.2 Å². The Morgan fingerprint density at radius 2 is 1.63 bits per heavy atom. The van der Waals surface area contributed by atoms with E-state index in [1.54, 1.807) is 0 Å². The maximum absolute atomic E-state index is 6.33. The van der Waals surface area contributed by atoms with Crippen LogP contribution in [0.15, 0.2) is 104 Å². The molecule has 214 valence electrons. The molecule has 43 heavy (non-hydrogen) atoms. The molecule has 0 aliphatic rings. The maximum Gasteiger partial charge on any atom is 2.00 e. The van der Waals surface area contributed by atoms with Crippen molar-refractivity contribution in [2.24, 2.45) is 0 Å². The van der Waals surface area contributed by atoms with Crippen molar-refractivity contribution in [3.8, 4) is 34.1 Å². The number of aromatic nitrogens is 4. The largest absolute Gasteiger partial charge is 2.00 e. The number of pyridine rings is 1. The number of para-hydroxylation sites is 1. The van der Waals surface area contributed by atoms with Crippen LogP contribution in [0, 0.1) is 26.0 Å². The van der Waals surface area contributed by atoms with Crippen molar-refractivity contribution < 1.29 is 25.8 Å². The van der Waals surface area contributed by atoms with Crippen LogP contribution >= 0.6 is 0 Å². The van der Waals surface area contributed by atoms with Gasteiger partial charge in [0.2, 0.25) is 0 Å². The minimum Gasteiger partial charge on any atom is -0.509 e. The van der Waals surface area contributed by atoms with Crippen LogP contribution in [0.25, 0.3) is 44.4 Å². The van der Waals surface area contributed by atoms with Crippen molar-refractivity contribution in [2.75, 3.05) is 0 Å². The molecule has 0 N–H and O–H groups in total. The van der Waals surface area contributed by atoms with E-state index in [1.165, 1.54) is 16.7 Å². The Bertz CT molecular complexity index is 2090. The molecule has 0 fully saturated rings.